The second kappa shape index (κ2) is 14.1. The largest absolute Gasteiger partial charge is 0.308 e. The van der Waals surface area contributed by atoms with Gasteiger partial charge in [0.05, 0.1) is 16.1 Å². The van der Waals surface area contributed by atoms with Crippen LogP contribution in [-0.2, 0) is 10.8 Å². The Labute approximate surface area is 363 Å². The monoisotopic (exact) mass is 801 g/mol. The number of anilines is 3. The third kappa shape index (κ3) is 5.97. The van der Waals surface area contributed by atoms with Gasteiger partial charge in [0.15, 0.2) is 0 Å². The van der Waals surface area contributed by atoms with E-state index in [1.807, 2.05) is 11.3 Å². The van der Waals surface area contributed by atoms with E-state index in [1.165, 1.54) is 102 Å². The smallest absolute Gasteiger partial charge is 0.242 e. The molecule has 0 aliphatic heterocycles. The lowest BCUT2D eigenvalue weighted by Crippen LogP contribution is -2.52. The van der Waals surface area contributed by atoms with Crippen molar-refractivity contribution in [1.29, 1.82) is 0 Å². The lowest BCUT2D eigenvalue weighted by atomic mass is 9.36. The molecule has 294 valence electrons. The Morgan fingerprint density at radius 1 is 0.393 bits per heavy atom. The SMILES string of the molecule is CC(C)(C)c1cc(N(c2ccccc2)c2cccc3c2sc2ccccc23)c2c3ccccc3c3c(C(C)(C)C)cc(B(c4ccccc4)c4ccccc4)c4ccc1c2c43. The average molecular weight is 802 g/mol. The molecule has 1 nitrogen and oxygen atoms in total. The van der Waals surface area contributed by atoms with Crippen molar-refractivity contribution < 1.29 is 0 Å². The van der Waals surface area contributed by atoms with Crippen LogP contribution in [0.5, 0.6) is 0 Å². The molecule has 0 unspecified atom stereocenters. The number of fused-ring (bicyclic) bond motifs is 6. The summed E-state index contributed by atoms with van der Waals surface area (Å²) in [5, 5.41) is 13.2. The minimum absolute atomic E-state index is 0.0484. The van der Waals surface area contributed by atoms with Crippen molar-refractivity contribution in [1.82, 2.24) is 0 Å². The molecule has 1 heterocycles. The van der Waals surface area contributed by atoms with Gasteiger partial charge in [-0.2, -0.15) is 0 Å². The van der Waals surface area contributed by atoms with E-state index in [4.69, 9.17) is 0 Å². The van der Waals surface area contributed by atoms with E-state index in [0.29, 0.717) is 0 Å². The molecule has 0 saturated carbocycles. The van der Waals surface area contributed by atoms with Gasteiger partial charge in [-0.25, -0.2) is 0 Å². The summed E-state index contributed by atoms with van der Waals surface area (Å²) in [4.78, 5) is 2.58. The summed E-state index contributed by atoms with van der Waals surface area (Å²) in [5.74, 6) is 0. The van der Waals surface area contributed by atoms with Crippen molar-refractivity contribution in [3.8, 4) is 0 Å². The molecule has 0 N–H and O–H groups in total. The van der Waals surface area contributed by atoms with Crippen LogP contribution in [0.4, 0.5) is 17.1 Å². The molecular weight excluding hydrogens is 754 g/mol. The fraction of sp³-hybridized carbons (Fsp3) is 0.138. The van der Waals surface area contributed by atoms with Crippen LogP contribution in [0.1, 0.15) is 52.7 Å². The zero-order valence-electron chi connectivity index (χ0n) is 35.8. The van der Waals surface area contributed by atoms with E-state index >= 15 is 0 Å². The van der Waals surface area contributed by atoms with Gasteiger partial charge in [-0.1, -0.05) is 210 Å². The summed E-state index contributed by atoms with van der Waals surface area (Å²) in [6.07, 6.45) is 0. The maximum atomic E-state index is 2.58. The van der Waals surface area contributed by atoms with Crippen LogP contribution >= 0.6 is 11.3 Å². The highest BCUT2D eigenvalue weighted by molar-refractivity contribution is 7.26. The fourth-order valence-electron chi connectivity index (χ4n) is 10.3. The van der Waals surface area contributed by atoms with Gasteiger partial charge < -0.3 is 4.90 Å². The first-order chi connectivity index (χ1) is 29.6. The minimum Gasteiger partial charge on any atom is -0.308 e. The first-order valence-corrected chi connectivity index (χ1v) is 22.5. The van der Waals surface area contributed by atoms with Gasteiger partial charge >= 0.3 is 0 Å². The van der Waals surface area contributed by atoms with E-state index in [1.54, 1.807) is 0 Å². The molecule has 0 radical (unpaired) electrons. The van der Waals surface area contributed by atoms with Crippen molar-refractivity contribution in [3.63, 3.8) is 0 Å². The first kappa shape index (κ1) is 37.6. The highest BCUT2D eigenvalue weighted by atomic mass is 32.1. The molecule has 11 rings (SSSR count). The number of para-hydroxylation sites is 1. The maximum absolute atomic E-state index is 2.58. The number of rotatable bonds is 6. The lowest BCUT2D eigenvalue weighted by Gasteiger charge is -2.33. The molecule has 0 fully saturated rings. The molecule has 0 aliphatic carbocycles. The number of thiophene rings is 1. The van der Waals surface area contributed by atoms with Crippen LogP contribution in [0.3, 0.4) is 0 Å². The van der Waals surface area contributed by atoms with Gasteiger partial charge in [-0.3, -0.25) is 0 Å². The second-order valence-electron chi connectivity index (χ2n) is 18.8. The predicted octanol–water partition coefficient (Wildman–Crippen LogP) is 14.7. The quantitative estimate of drug-likeness (QED) is 0.0920. The Bertz CT molecular complexity index is 3390. The predicted molar refractivity (Wildman–Crippen MR) is 270 cm³/mol. The molecule has 0 bridgehead atoms. The fourth-order valence-corrected chi connectivity index (χ4v) is 11.5. The van der Waals surface area contributed by atoms with Gasteiger partial charge in [0.2, 0.25) is 6.71 Å². The van der Waals surface area contributed by atoms with Crippen LogP contribution in [0.25, 0.3) is 63.3 Å². The minimum atomic E-state index is -0.148. The zero-order chi connectivity index (χ0) is 41.6. The van der Waals surface area contributed by atoms with E-state index in [0.717, 1.165) is 5.69 Å². The molecule has 0 aliphatic rings. The van der Waals surface area contributed by atoms with Crippen LogP contribution < -0.4 is 21.3 Å². The Kier molecular flexibility index (Phi) is 8.67. The average Bonchev–Trinajstić information content (AvgIpc) is 3.66. The molecule has 0 amide bonds. The van der Waals surface area contributed by atoms with Gasteiger partial charge in [0.1, 0.15) is 0 Å². The van der Waals surface area contributed by atoms with Gasteiger partial charge in [0, 0.05) is 31.9 Å². The van der Waals surface area contributed by atoms with E-state index < -0.39 is 0 Å². The van der Waals surface area contributed by atoms with Crippen LogP contribution in [0, 0.1) is 0 Å². The molecule has 10 aromatic carbocycles. The number of nitrogens with zero attached hydrogens (tertiary/aromatic N) is 1. The molecule has 3 heteroatoms. The first-order valence-electron chi connectivity index (χ1n) is 21.6. The van der Waals surface area contributed by atoms with Crippen molar-refractivity contribution in [2.45, 2.75) is 52.4 Å². The van der Waals surface area contributed by atoms with E-state index in [2.05, 4.69) is 228 Å². The summed E-state index contributed by atoms with van der Waals surface area (Å²) < 4.78 is 2.61. The van der Waals surface area contributed by atoms with E-state index in [9.17, 15) is 0 Å². The third-order valence-corrected chi connectivity index (χ3v) is 14.2. The Balaban J connectivity index is 1.37. The number of hydrogen-bond donors (Lipinski definition) is 0. The Morgan fingerprint density at radius 2 is 0.918 bits per heavy atom. The normalized spacial score (nSPS) is 12.4. The summed E-state index contributed by atoms with van der Waals surface area (Å²) in [6, 6.07) is 68.3. The van der Waals surface area contributed by atoms with Crippen LogP contribution in [0.15, 0.2) is 182 Å². The summed E-state index contributed by atoms with van der Waals surface area (Å²) in [7, 11) is 0. The van der Waals surface area contributed by atoms with Gasteiger partial charge in [-0.05, 0) is 84.6 Å². The molecular formula is C58H48BNS. The summed E-state index contributed by atoms with van der Waals surface area (Å²) in [5.41, 5.74) is 9.97. The van der Waals surface area contributed by atoms with Crippen molar-refractivity contribution in [3.05, 3.63) is 193 Å². The van der Waals surface area contributed by atoms with Crippen LogP contribution in [0.2, 0.25) is 0 Å². The van der Waals surface area contributed by atoms with Gasteiger partial charge in [-0.15, -0.1) is 11.3 Å². The van der Waals surface area contributed by atoms with Crippen LogP contribution in [-0.4, -0.2) is 6.71 Å². The third-order valence-electron chi connectivity index (χ3n) is 13.0. The van der Waals surface area contributed by atoms with E-state index in [-0.39, 0.29) is 17.5 Å². The van der Waals surface area contributed by atoms with Crippen molar-refractivity contribution in [2.24, 2.45) is 0 Å². The number of hydrogen-bond acceptors (Lipinski definition) is 2. The molecule has 0 saturated heterocycles. The van der Waals surface area contributed by atoms with Crippen molar-refractivity contribution >= 4 is 115 Å². The highest BCUT2D eigenvalue weighted by Crippen LogP contribution is 2.53. The molecule has 61 heavy (non-hydrogen) atoms. The second-order valence-corrected chi connectivity index (χ2v) is 19.9. The standard InChI is InChI=1S/C58H48BNS/c1-57(2,3)46-36-50(60(39-25-14-9-15-26-39)49-31-20-30-43-40-27-18-19-32-51(40)61-56(43)49)53-42-29-17-16-28-41(42)52-47(58(4,5)6)35-48(45-34-33-44(46)54(53)55(45)52)59(37-21-10-7-11-22-37)38-23-12-8-13-24-38/h7-36H,1-6H3. The zero-order valence-corrected chi connectivity index (χ0v) is 36.6. The Hall–Kier alpha value is -6.42. The van der Waals surface area contributed by atoms with Gasteiger partial charge in [0.25, 0.3) is 0 Å². The number of benzene rings is 10. The maximum Gasteiger partial charge on any atom is 0.242 e. The molecule has 0 atom stereocenters. The molecule has 0 spiro atoms. The molecule has 1 aromatic heterocycles. The highest BCUT2D eigenvalue weighted by Gasteiger charge is 2.33. The summed E-state index contributed by atoms with van der Waals surface area (Å²) in [6.45, 7) is 14.4. The summed E-state index contributed by atoms with van der Waals surface area (Å²) >= 11 is 1.90. The molecule has 11 aromatic rings. The topological polar surface area (TPSA) is 3.24 Å². The Morgan fingerprint density at radius 3 is 1.56 bits per heavy atom. The lowest BCUT2D eigenvalue weighted by molar-refractivity contribution is 0.596. The van der Waals surface area contributed by atoms with Crippen molar-refractivity contribution in [2.75, 3.05) is 4.90 Å².